The molecule has 106 valence electrons. The zero-order valence-corrected chi connectivity index (χ0v) is 12.6. The molecule has 0 radical (unpaired) electrons. The van der Waals surface area contributed by atoms with Crippen LogP contribution in [0.15, 0.2) is 22.7 Å². The van der Waals surface area contributed by atoms with Gasteiger partial charge in [0.2, 0.25) is 10.0 Å². The van der Waals surface area contributed by atoms with Crippen molar-refractivity contribution >= 4 is 37.6 Å². The molecule has 0 aliphatic carbocycles. The summed E-state index contributed by atoms with van der Waals surface area (Å²) in [5, 5.41) is 8.51. The van der Waals surface area contributed by atoms with Gasteiger partial charge in [-0.3, -0.25) is 9.52 Å². The van der Waals surface area contributed by atoms with E-state index < -0.39 is 28.2 Å². The number of hydrogen-bond acceptors (Lipinski definition) is 4. The largest absolute Gasteiger partial charge is 0.481 e. The number of sulfonamides is 1. The number of ether oxygens (including phenoxy) is 1. The molecule has 0 saturated heterocycles. The smallest absolute Gasteiger partial charge is 0.304 e. The Morgan fingerprint density at radius 2 is 2.16 bits per heavy atom. The predicted molar refractivity (Wildman–Crippen MR) is 74.5 cm³/mol. The highest BCUT2D eigenvalue weighted by Crippen LogP contribution is 2.26. The summed E-state index contributed by atoms with van der Waals surface area (Å²) in [6, 6.07) is 5.04. The molecule has 0 heterocycles. The maximum atomic E-state index is 11.7. The van der Waals surface area contributed by atoms with E-state index in [0.717, 1.165) is 0 Å². The Kier molecular flexibility index (Phi) is 5.77. The molecular weight excluding hydrogens is 338 g/mol. The van der Waals surface area contributed by atoms with Gasteiger partial charge < -0.3 is 9.84 Å². The summed E-state index contributed by atoms with van der Waals surface area (Å²) in [7, 11) is -2.19. The minimum atomic E-state index is -3.69. The number of carboxylic acid groups (broad SMARTS) is 1. The van der Waals surface area contributed by atoms with Crippen molar-refractivity contribution in [1.29, 1.82) is 0 Å². The van der Waals surface area contributed by atoms with Gasteiger partial charge >= 0.3 is 5.97 Å². The van der Waals surface area contributed by atoms with Gasteiger partial charge in [-0.05, 0) is 12.1 Å². The van der Waals surface area contributed by atoms with Crippen molar-refractivity contribution in [3.63, 3.8) is 0 Å². The van der Waals surface area contributed by atoms with Gasteiger partial charge in [0, 0.05) is 17.1 Å². The quantitative estimate of drug-likeness (QED) is 0.781. The van der Waals surface area contributed by atoms with E-state index in [4.69, 9.17) is 9.84 Å². The van der Waals surface area contributed by atoms with Crippen LogP contribution < -0.4 is 4.72 Å². The Labute approximate surface area is 120 Å². The molecule has 0 amide bonds. The number of aliphatic carboxylic acids is 1. The Morgan fingerprint density at radius 3 is 2.74 bits per heavy atom. The zero-order chi connectivity index (χ0) is 14.5. The molecule has 0 spiro atoms. The molecule has 1 aromatic rings. The van der Waals surface area contributed by atoms with E-state index in [0.29, 0.717) is 15.7 Å². The highest BCUT2D eigenvalue weighted by atomic mass is 79.9. The molecule has 0 bridgehead atoms. The molecule has 0 saturated carbocycles. The highest BCUT2D eigenvalue weighted by Gasteiger charge is 2.16. The number of benzene rings is 1. The topological polar surface area (TPSA) is 92.7 Å². The summed E-state index contributed by atoms with van der Waals surface area (Å²) in [6.45, 7) is 0.234. The lowest BCUT2D eigenvalue weighted by atomic mass is 10.2. The average molecular weight is 352 g/mol. The van der Waals surface area contributed by atoms with Gasteiger partial charge in [0.25, 0.3) is 0 Å². The van der Waals surface area contributed by atoms with Gasteiger partial charge in [-0.2, -0.15) is 0 Å². The second-order valence-corrected chi connectivity index (χ2v) is 6.46. The normalized spacial score (nSPS) is 11.3. The van der Waals surface area contributed by atoms with Gasteiger partial charge in [-0.25, -0.2) is 8.42 Å². The van der Waals surface area contributed by atoms with Gasteiger partial charge in [0.1, 0.15) is 0 Å². The van der Waals surface area contributed by atoms with E-state index in [1.54, 1.807) is 18.2 Å². The third-order valence-corrected chi connectivity index (χ3v) is 4.27. The number of nitrogens with one attached hydrogen (secondary N) is 1. The maximum absolute atomic E-state index is 11.7. The van der Waals surface area contributed by atoms with Crippen molar-refractivity contribution in [2.75, 3.05) is 17.6 Å². The van der Waals surface area contributed by atoms with Gasteiger partial charge in [0.05, 0.1) is 24.5 Å². The van der Waals surface area contributed by atoms with Crippen LogP contribution in [0.25, 0.3) is 0 Å². The van der Waals surface area contributed by atoms with Crippen LogP contribution in [-0.4, -0.2) is 32.4 Å². The molecule has 0 aliphatic heterocycles. The number of anilines is 1. The van der Waals surface area contributed by atoms with Crippen molar-refractivity contribution in [2.24, 2.45) is 0 Å². The standard InChI is InChI=1S/C11H14BrNO5S/c1-18-7-8-9(12)3-2-4-10(8)13-19(16,17)6-5-11(14)15/h2-4,13H,5-7H2,1H3,(H,14,15). The molecule has 0 aromatic heterocycles. The van der Waals surface area contributed by atoms with E-state index in [9.17, 15) is 13.2 Å². The lowest BCUT2D eigenvalue weighted by Gasteiger charge is -2.13. The maximum Gasteiger partial charge on any atom is 0.304 e. The van der Waals surface area contributed by atoms with E-state index in [2.05, 4.69) is 20.7 Å². The van der Waals surface area contributed by atoms with Crippen LogP contribution in [0.4, 0.5) is 5.69 Å². The lowest BCUT2D eigenvalue weighted by Crippen LogP contribution is -2.19. The predicted octanol–water partition coefficient (Wildman–Crippen LogP) is 1.81. The Hall–Kier alpha value is -1.12. The molecule has 1 aromatic carbocycles. The van der Waals surface area contributed by atoms with Gasteiger partial charge in [-0.15, -0.1) is 0 Å². The van der Waals surface area contributed by atoms with E-state index in [1.165, 1.54) is 7.11 Å². The first-order valence-electron chi connectivity index (χ1n) is 5.34. The molecule has 0 aliphatic rings. The molecule has 0 atom stereocenters. The summed E-state index contributed by atoms with van der Waals surface area (Å²) in [6.07, 6.45) is -0.442. The lowest BCUT2D eigenvalue weighted by molar-refractivity contribution is -0.136. The second kappa shape index (κ2) is 6.88. The highest BCUT2D eigenvalue weighted by molar-refractivity contribution is 9.10. The molecule has 19 heavy (non-hydrogen) atoms. The first-order valence-corrected chi connectivity index (χ1v) is 7.79. The Morgan fingerprint density at radius 1 is 1.47 bits per heavy atom. The number of carbonyl (C=O) groups is 1. The van der Waals surface area contributed by atoms with Crippen LogP contribution >= 0.6 is 15.9 Å². The zero-order valence-electron chi connectivity index (χ0n) is 10.2. The summed E-state index contributed by atoms with van der Waals surface area (Å²) in [5.74, 6) is -1.63. The SMILES string of the molecule is COCc1c(Br)cccc1NS(=O)(=O)CCC(=O)O. The van der Waals surface area contributed by atoms with Crippen molar-refractivity contribution in [3.8, 4) is 0 Å². The number of methoxy groups -OCH3 is 1. The molecule has 0 unspecified atom stereocenters. The van der Waals surface area contributed by atoms with Crippen LogP contribution in [0, 0.1) is 0 Å². The van der Waals surface area contributed by atoms with Gasteiger partial charge in [-0.1, -0.05) is 22.0 Å². The van der Waals surface area contributed by atoms with Crippen molar-refractivity contribution in [3.05, 3.63) is 28.2 Å². The third kappa shape index (κ3) is 5.17. The summed E-state index contributed by atoms with van der Waals surface area (Å²) < 4.78 is 31.6. The minimum Gasteiger partial charge on any atom is -0.481 e. The van der Waals surface area contributed by atoms with Crippen LogP contribution in [0.1, 0.15) is 12.0 Å². The average Bonchev–Trinajstić information content (AvgIpc) is 2.31. The Bertz CT molecular complexity index is 558. The van der Waals surface area contributed by atoms with Crippen LogP contribution in [-0.2, 0) is 26.2 Å². The summed E-state index contributed by atoms with van der Waals surface area (Å²) >= 11 is 3.31. The summed E-state index contributed by atoms with van der Waals surface area (Å²) in [5.41, 5.74) is 1.03. The molecule has 2 N–H and O–H groups in total. The number of carboxylic acids is 1. The van der Waals surface area contributed by atoms with Crippen LogP contribution in [0.2, 0.25) is 0 Å². The number of rotatable bonds is 7. The summed E-state index contributed by atoms with van der Waals surface area (Å²) in [4.78, 5) is 10.4. The van der Waals surface area contributed by atoms with Crippen molar-refractivity contribution < 1.29 is 23.1 Å². The monoisotopic (exact) mass is 351 g/mol. The van der Waals surface area contributed by atoms with Crippen molar-refractivity contribution in [2.45, 2.75) is 13.0 Å². The molecule has 8 heteroatoms. The molecule has 6 nitrogen and oxygen atoms in total. The van der Waals surface area contributed by atoms with Crippen LogP contribution in [0.5, 0.6) is 0 Å². The fourth-order valence-corrected chi connectivity index (χ4v) is 2.94. The van der Waals surface area contributed by atoms with Crippen LogP contribution in [0.3, 0.4) is 0 Å². The van der Waals surface area contributed by atoms with Crippen molar-refractivity contribution in [1.82, 2.24) is 0 Å². The third-order valence-electron chi connectivity index (χ3n) is 2.26. The Balaban J connectivity index is 2.92. The van der Waals surface area contributed by atoms with E-state index in [-0.39, 0.29) is 6.61 Å². The number of hydrogen-bond donors (Lipinski definition) is 2. The second-order valence-electron chi connectivity index (χ2n) is 3.76. The fourth-order valence-electron chi connectivity index (χ4n) is 1.39. The molecular formula is C11H14BrNO5S. The van der Waals surface area contributed by atoms with E-state index in [1.807, 2.05) is 0 Å². The first-order chi connectivity index (χ1) is 8.85. The molecule has 1 rings (SSSR count). The first kappa shape index (κ1) is 15.9. The minimum absolute atomic E-state index is 0.234. The molecule has 0 fully saturated rings. The fraction of sp³-hybridized carbons (Fsp3) is 0.364. The number of halogens is 1. The van der Waals surface area contributed by atoms with E-state index >= 15 is 0 Å². The van der Waals surface area contributed by atoms with Gasteiger partial charge in [0.15, 0.2) is 0 Å².